The molecule has 37 heavy (non-hydrogen) atoms. The van der Waals surface area contributed by atoms with E-state index in [1.54, 1.807) is 30.1 Å². The number of nitrogens with one attached hydrogen (secondary N) is 1. The van der Waals surface area contributed by atoms with Crippen LogP contribution in [0, 0.1) is 10.1 Å². The van der Waals surface area contributed by atoms with E-state index in [1.807, 2.05) is 36.4 Å². The van der Waals surface area contributed by atoms with Gasteiger partial charge in [0.05, 0.1) is 35.9 Å². The minimum Gasteiger partial charge on any atom is -0.493 e. The number of hydrazone groups is 1. The van der Waals surface area contributed by atoms with Crippen molar-refractivity contribution in [3.05, 3.63) is 88.6 Å². The summed E-state index contributed by atoms with van der Waals surface area (Å²) in [5.41, 5.74) is 4.77. The number of primary sulfonamides is 1. The molecule has 0 atom stereocenters. The zero-order valence-electron chi connectivity index (χ0n) is 19.7. The molecule has 13 heteroatoms. The van der Waals surface area contributed by atoms with E-state index < -0.39 is 20.6 Å². The van der Waals surface area contributed by atoms with Gasteiger partial charge in [0.2, 0.25) is 10.0 Å². The normalized spacial score (nSPS) is 11.4. The number of benzene rings is 3. The molecule has 0 fully saturated rings. The number of nitro groups is 1. The smallest absolute Gasteiger partial charge is 0.295 e. The van der Waals surface area contributed by atoms with Gasteiger partial charge in [-0.1, -0.05) is 18.2 Å². The molecule has 0 bridgehead atoms. The van der Waals surface area contributed by atoms with Crippen LogP contribution in [0.2, 0.25) is 0 Å². The highest BCUT2D eigenvalue weighted by molar-refractivity contribution is 7.89. The molecule has 1 aromatic heterocycles. The summed E-state index contributed by atoms with van der Waals surface area (Å²) in [4.78, 5) is 10.4. The van der Waals surface area contributed by atoms with Crippen LogP contribution in [0.25, 0.3) is 16.9 Å². The Bertz CT molecular complexity index is 1580. The van der Waals surface area contributed by atoms with Gasteiger partial charge in [-0.2, -0.15) is 10.2 Å². The van der Waals surface area contributed by atoms with Crippen molar-refractivity contribution in [1.82, 2.24) is 9.78 Å². The molecule has 0 unspecified atom stereocenters. The molecule has 0 aliphatic heterocycles. The summed E-state index contributed by atoms with van der Waals surface area (Å²) in [5.74, 6) is 1.07. The van der Waals surface area contributed by atoms with Gasteiger partial charge >= 0.3 is 0 Å². The van der Waals surface area contributed by atoms with Gasteiger partial charge in [0.1, 0.15) is 11.4 Å². The number of aromatic nitrogens is 2. The van der Waals surface area contributed by atoms with Gasteiger partial charge < -0.3 is 9.47 Å². The summed E-state index contributed by atoms with van der Waals surface area (Å²) < 4.78 is 35.6. The lowest BCUT2D eigenvalue weighted by Gasteiger charge is -2.09. The Hall–Kier alpha value is -4.75. The SMILES string of the molecule is COc1ccc(-c2nn(-c3ccccc3)cc2C=NNc2ccc(S(N)(=O)=O)cc2[N+](=O)[O-])cc1OC. The molecule has 0 radical (unpaired) electrons. The van der Waals surface area contributed by atoms with E-state index in [2.05, 4.69) is 10.5 Å². The Morgan fingerprint density at radius 1 is 1.05 bits per heavy atom. The van der Waals surface area contributed by atoms with E-state index in [1.165, 1.54) is 19.4 Å². The summed E-state index contributed by atoms with van der Waals surface area (Å²) in [6, 6.07) is 18.0. The molecule has 1 heterocycles. The second-order valence-electron chi connectivity index (χ2n) is 7.63. The number of ether oxygens (including phenoxy) is 2. The molecule has 0 aliphatic carbocycles. The van der Waals surface area contributed by atoms with Crippen molar-refractivity contribution in [2.24, 2.45) is 10.2 Å². The largest absolute Gasteiger partial charge is 0.493 e. The Kier molecular flexibility index (Phi) is 7.18. The predicted molar refractivity (Wildman–Crippen MR) is 138 cm³/mol. The maximum atomic E-state index is 11.6. The van der Waals surface area contributed by atoms with Crippen molar-refractivity contribution in [1.29, 1.82) is 0 Å². The third-order valence-corrected chi connectivity index (χ3v) is 6.21. The first-order chi connectivity index (χ1) is 17.7. The van der Waals surface area contributed by atoms with E-state index in [0.717, 1.165) is 23.4 Å². The predicted octanol–water partition coefficient (Wildman–Crippen LogP) is 3.56. The molecule has 3 aromatic carbocycles. The number of para-hydroxylation sites is 1. The summed E-state index contributed by atoms with van der Waals surface area (Å²) in [5, 5.41) is 25.4. The van der Waals surface area contributed by atoms with Crippen molar-refractivity contribution in [2.45, 2.75) is 4.90 Å². The van der Waals surface area contributed by atoms with E-state index in [4.69, 9.17) is 19.7 Å². The monoisotopic (exact) mass is 522 g/mol. The minimum absolute atomic E-state index is 0.0169. The van der Waals surface area contributed by atoms with E-state index in [0.29, 0.717) is 22.8 Å². The summed E-state index contributed by atoms with van der Waals surface area (Å²) >= 11 is 0. The van der Waals surface area contributed by atoms with Crippen LogP contribution in [0.5, 0.6) is 11.5 Å². The van der Waals surface area contributed by atoms with Gasteiger partial charge in [-0.3, -0.25) is 15.5 Å². The molecule has 0 spiro atoms. The zero-order chi connectivity index (χ0) is 26.6. The summed E-state index contributed by atoms with van der Waals surface area (Å²) in [7, 11) is -1.04. The van der Waals surface area contributed by atoms with E-state index in [9.17, 15) is 18.5 Å². The molecule has 4 rings (SSSR count). The fraction of sp³-hybridized carbons (Fsp3) is 0.0833. The average Bonchev–Trinajstić information content (AvgIpc) is 3.32. The lowest BCUT2D eigenvalue weighted by molar-refractivity contribution is -0.384. The Morgan fingerprint density at radius 3 is 2.43 bits per heavy atom. The number of nitrogens with two attached hydrogens (primary N) is 1. The highest BCUT2D eigenvalue weighted by atomic mass is 32.2. The highest BCUT2D eigenvalue weighted by Gasteiger charge is 2.19. The molecule has 190 valence electrons. The van der Waals surface area contributed by atoms with Crippen LogP contribution in [0.15, 0.2) is 82.9 Å². The van der Waals surface area contributed by atoms with Crippen molar-refractivity contribution < 1.29 is 22.8 Å². The second-order valence-corrected chi connectivity index (χ2v) is 9.20. The van der Waals surface area contributed by atoms with Crippen LogP contribution in [-0.2, 0) is 10.0 Å². The Labute approximate surface area is 212 Å². The van der Waals surface area contributed by atoms with Crippen LogP contribution < -0.4 is 20.0 Å². The average molecular weight is 523 g/mol. The molecular formula is C24H22N6O6S. The molecule has 0 aliphatic rings. The van der Waals surface area contributed by atoms with Gasteiger partial charge in [0.15, 0.2) is 11.5 Å². The summed E-state index contributed by atoms with van der Waals surface area (Å²) in [6.45, 7) is 0. The first kappa shape index (κ1) is 25.3. The van der Waals surface area contributed by atoms with E-state index >= 15 is 0 Å². The van der Waals surface area contributed by atoms with Gasteiger partial charge in [-0.25, -0.2) is 18.2 Å². The fourth-order valence-electron chi connectivity index (χ4n) is 3.51. The number of methoxy groups -OCH3 is 2. The van der Waals surface area contributed by atoms with Crippen LogP contribution in [0.3, 0.4) is 0 Å². The van der Waals surface area contributed by atoms with Crippen molar-refractivity contribution in [3.63, 3.8) is 0 Å². The maximum absolute atomic E-state index is 11.6. The zero-order valence-corrected chi connectivity index (χ0v) is 20.5. The number of anilines is 1. The molecule has 0 saturated carbocycles. The first-order valence-corrected chi connectivity index (χ1v) is 12.2. The minimum atomic E-state index is -4.11. The number of hydrogen-bond acceptors (Lipinski definition) is 9. The quantitative estimate of drug-likeness (QED) is 0.191. The molecule has 4 aromatic rings. The molecule has 3 N–H and O–H groups in total. The number of hydrogen-bond donors (Lipinski definition) is 2. The van der Waals surface area contributed by atoms with Crippen LogP contribution in [0.1, 0.15) is 5.56 Å². The second kappa shape index (κ2) is 10.5. The Balaban J connectivity index is 1.73. The number of sulfonamides is 1. The number of nitro benzene ring substituents is 1. The van der Waals surface area contributed by atoms with E-state index in [-0.39, 0.29) is 10.6 Å². The highest BCUT2D eigenvalue weighted by Crippen LogP contribution is 2.33. The molecule has 0 saturated heterocycles. The standard InChI is InChI=1S/C24H22N6O6S/c1-35-22-11-8-16(12-23(22)36-2)24-17(15-29(28-24)18-6-4-3-5-7-18)14-26-27-20-10-9-19(37(25,33)34)13-21(20)30(31)32/h3-15,27H,1-2H3,(H2,25,33,34). The van der Waals surface area contributed by atoms with Crippen LogP contribution in [0.4, 0.5) is 11.4 Å². The molecule has 12 nitrogen and oxygen atoms in total. The fourth-order valence-corrected chi connectivity index (χ4v) is 4.04. The summed E-state index contributed by atoms with van der Waals surface area (Å²) in [6.07, 6.45) is 3.21. The third kappa shape index (κ3) is 5.58. The Morgan fingerprint density at radius 2 is 1.78 bits per heavy atom. The van der Waals surface area contributed by atoms with Crippen molar-refractivity contribution in [3.8, 4) is 28.4 Å². The molecular weight excluding hydrogens is 500 g/mol. The molecule has 0 amide bonds. The van der Waals surface area contributed by atoms with Gasteiger partial charge in [-0.05, 0) is 42.5 Å². The number of nitrogens with zero attached hydrogens (tertiary/aromatic N) is 4. The van der Waals surface area contributed by atoms with Gasteiger partial charge in [0, 0.05) is 23.4 Å². The van der Waals surface area contributed by atoms with Crippen LogP contribution in [-0.4, -0.2) is 43.6 Å². The van der Waals surface area contributed by atoms with Crippen molar-refractivity contribution >= 4 is 27.6 Å². The lowest BCUT2D eigenvalue weighted by Crippen LogP contribution is -2.12. The first-order valence-electron chi connectivity index (χ1n) is 10.7. The maximum Gasteiger partial charge on any atom is 0.295 e. The van der Waals surface area contributed by atoms with Crippen LogP contribution >= 0.6 is 0 Å². The van der Waals surface area contributed by atoms with Crippen molar-refractivity contribution in [2.75, 3.05) is 19.6 Å². The third-order valence-electron chi connectivity index (χ3n) is 5.30. The number of rotatable bonds is 9. The topological polar surface area (TPSA) is 164 Å². The lowest BCUT2D eigenvalue weighted by atomic mass is 10.1. The van der Waals surface area contributed by atoms with Gasteiger partial charge in [0.25, 0.3) is 5.69 Å². The van der Waals surface area contributed by atoms with Gasteiger partial charge in [-0.15, -0.1) is 0 Å².